The molecule has 0 bridgehead atoms. The quantitative estimate of drug-likeness (QED) is 0.838. The first-order chi connectivity index (χ1) is 11.9. The van der Waals surface area contributed by atoms with Gasteiger partial charge in [0.15, 0.2) is 0 Å². The van der Waals surface area contributed by atoms with E-state index in [0.717, 1.165) is 30.2 Å². The summed E-state index contributed by atoms with van der Waals surface area (Å²) in [5.41, 5.74) is 6.40. The first-order valence-electron chi connectivity index (χ1n) is 8.47. The molecule has 0 aromatic heterocycles. The number of nitrogens with zero attached hydrogens (tertiary/aromatic N) is 1. The van der Waals surface area contributed by atoms with Crippen LogP contribution in [-0.2, 0) is 15.3 Å². The number of benzene rings is 1. The Kier molecular flexibility index (Phi) is 6.87. The molecule has 1 aliphatic heterocycles. The molecule has 0 unspecified atom stereocenters. The Morgan fingerprint density at radius 1 is 1.36 bits per heavy atom. The Labute approximate surface area is 152 Å². The van der Waals surface area contributed by atoms with Gasteiger partial charge in [0.05, 0.1) is 0 Å². The molecule has 1 aromatic carbocycles. The van der Waals surface area contributed by atoms with Gasteiger partial charge in [-0.15, -0.1) is 0 Å². The van der Waals surface area contributed by atoms with Gasteiger partial charge in [-0.2, -0.15) is 0 Å². The zero-order chi connectivity index (χ0) is 18.4. The first-order valence-corrected chi connectivity index (χ1v) is 9.45. The van der Waals surface area contributed by atoms with Gasteiger partial charge >= 0.3 is 0 Å². The second-order valence-electron chi connectivity index (χ2n) is 6.41. The number of thioether (sulfide) groups is 1. The van der Waals surface area contributed by atoms with E-state index in [1.54, 1.807) is 6.92 Å². The van der Waals surface area contributed by atoms with E-state index >= 15 is 0 Å². The van der Waals surface area contributed by atoms with Crippen molar-refractivity contribution in [3.8, 4) is 0 Å². The van der Waals surface area contributed by atoms with Crippen LogP contribution in [0.2, 0.25) is 0 Å². The molecule has 0 saturated carbocycles. The Bertz CT molecular complexity index is 623. The number of carbonyl (C=O) groups is 3. The molecule has 1 saturated heterocycles. The van der Waals surface area contributed by atoms with Gasteiger partial charge < -0.3 is 16.0 Å². The van der Waals surface area contributed by atoms with Crippen molar-refractivity contribution >= 4 is 28.8 Å². The minimum Gasteiger partial charge on any atom is -0.368 e. The molecule has 1 aromatic rings. The van der Waals surface area contributed by atoms with Crippen LogP contribution < -0.4 is 11.1 Å². The van der Waals surface area contributed by atoms with E-state index in [-0.39, 0.29) is 17.1 Å². The van der Waals surface area contributed by atoms with E-state index in [2.05, 4.69) is 5.32 Å². The number of rotatable bonds is 5. The lowest BCUT2D eigenvalue weighted by atomic mass is 9.97. The molecular formula is C18H25N3O3S. The summed E-state index contributed by atoms with van der Waals surface area (Å²) in [4.78, 5) is 38.0. The van der Waals surface area contributed by atoms with Crippen molar-refractivity contribution in [2.75, 3.05) is 6.54 Å². The van der Waals surface area contributed by atoms with Gasteiger partial charge in [0.2, 0.25) is 11.8 Å². The second-order valence-corrected chi connectivity index (χ2v) is 7.36. The molecule has 136 valence electrons. The van der Waals surface area contributed by atoms with Crippen LogP contribution >= 0.6 is 11.8 Å². The van der Waals surface area contributed by atoms with Crippen LogP contribution in [0.5, 0.6) is 0 Å². The number of primary amides is 1. The van der Waals surface area contributed by atoms with Gasteiger partial charge in [-0.3, -0.25) is 14.4 Å². The van der Waals surface area contributed by atoms with Crippen molar-refractivity contribution in [2.24, 2.45) is 11.7 Å². The standard InChI is InChI=1S/C18H25N3O3S/c1-12-7-6-10-21(13(2)16(19)22)17(23)15(12)20-18(24)25-11-14-8-4-3-5-9-14/h3-5,8-9,12-13,15H,6-7,10-11H2,1-2H3,(H2,19,22)(H,20,24)/t12-,13+,15+/m1/s1. The van der Waals surface area contributed by atoms with Crippen molar-refractivity contribution in [2.45, 2.75) is 44.5 Å². The molecule has 1 heterocycles. The highest BCUT2D eigenvalue weighted by Crippen LogP contribution is 2.22. The fourth-order valence-electron chi connectivity index (χ4n) is 2.92. The largest absolute Gasteiger partial charge is 0.368 e. The number of hydrogen-bond donors (Lipinski definition) is 2. The summed E-state index contributed by atoms with van der Waals surface area (Å²) < 4.78 is 0. The molecule has 1 aliphatic rings. The fraction of sp³-hybridized carbons (Fsp3) is 0.500. The van der Waals surface area contributed by atoms with Crippen molar-refractivity contribution < 1.29 is 14.4 Å². The Morgan fingerprint density at radius 3 is 2.68 bits per heavy atom. The number of hydrogen-bond acceptors (Lipinski definition) is 4. The lowest BCUT2D eigenvalue weighted by Crippen LogP contribution is -2.54. The van der Waals surface area contributed by atoms with Crippen molar-refractivity contribution in [3.05, 3.63) is 35.9 Å². The summed E-state index contributed by atoms with van der Waals surface area (Å²) in [5, 5.41) is 2.60. The Balaban J connectivity index is 2.00. The average molecular weight is 363 g/mol. The molecule has 3 amide bonds. The van der Waals surface area contributed by atoms with E-state index in [1.807, 2.05) is 37.3 Å². The zero-order valence-electron chi connectivity index (χ0n) is 14.6. The molecule has 0 spiro atoms. The molecule has 2 rings (SSSR count). The normalized spacial score (nSPS) is 22.2. The third-order valence-corrected chi connectivity index (χ3v) is 5.40. The van der Waals surface area contributed by atoms with E-state index in [0.29, 0.717) is 12.3 Å². The Hall–Kier alpha value is -2.02. The maximum atomic E-state index is 12.8. The number of nitrogens with one attached hydrogen (secondary N) is 1. The lowest BCUT2D eigenvalue weighted by Gasteiger charge is -2.30. The highest BCUT2D eigenvalue weighted by Gasteiger charge is 2.36. The van der Waals surface area contributed by atoms with Crippen LogP contribution in [0, 0.1) is 5.92 Å². The predicted octanol–water partition coefficient (Wildman–Crippen LogP) is 2.13. The maximum absolute atomic E-state index is 12.8. The third kappa shape index (κ3) is 5.22. The second kappa shape index (κ2) is 8.89. The monoisotopic (exact) mass is 363 g/mol. The van der Waals surface area contributed by atoms with Gasteiger partial charge in [-0.1, -0.05) is 49.0 Å². The van der Waals surface area contributed by atoms with Gasteiger partial charge in [0.25, 0.3) is 5.24 Å². The molecular weight excluding hydrogens is 338 g/mol. The highest BCUT2D eigenvalue weighted by molar-refractivity contribution is 8.12. The molecule has 0 aliphatic carbocycles. The molecule has 3 N–H and O–H groups in total. The van der Waals surface area contributed by atoms with Gasteiger partial charge in [0, 0.05) is 12.3 Å². The van der Waals surface area contributed by atoms with Crippen LogP contribution in [0.4, 0.5) is 4.79 Å². The Morgan fingerprint density at radius 2 is 2.04 bits per heavy atom. The summed E-state index contributed by atoms with van der Waals surface area (Å²) in [5.74, 6) is -0.209. The minimum absolute atomic E-state index is 0.0128. The minimum atomic E-state index is -0.672. The molecule has 6 nitrogen and oxygen atoms in total. The van der Waals surface area contributed by atoms with Crippen molar-refractivity contribution in [1.29, 1.82) is 0 Å². The number of amides is 3. The number of nitrogens with two attached hydrogens (primary N) is 1. The first kappa shape index (κ1) is 19.3. The van der Waals surface area contributed by atoms with Gasteiger partial charge in [-0.25, -0.2) is 0 Å². The van der Waals surface area contributed by atoms with Crippen LogP contribution in [0.3, 0.4) is 0 Å². The van der Waals surface area contributed by atoms with Crippen molar-refractivity contribution in [1.82, 2.24) is 10.2 Å². The summed E-state index contributed by atoms with van der Waals surface area (Å²) in [6, 6.07) is 8.39. The number of likely N-dealkylation sites (tertiary alicyclic amines) is 1. The predicted molar refractivity (Wildman–Crippen MR) is 98.8 cm³/mol. The van der Waals surface area contributed by atoms with E-state index in [9.17, 15) is 14.4 Å². The summed E-state index contributed by atoms with van der Waals surface area (Å²) in [6.07, 6.45) is 1.59. The van der Waals surface area contributed by atoms with Crippen LogP contribution in [-0.4, -0.2) is 40.6 Å². The maximum Gasteiger partial charge on any atom is 0.280 e. The van der Waals surface area contributed by atoms with E-state index in [1.165, 1.54) is 4.90 Å². The highest BCUT2D eigenvalue weighted by atomic mass is 32.2. The van der Waals surface area contributed by atoms with Crippen molar-refractivity contribution in [3.63, 3.8) is 0 Å². The van der Waals surface area contributed by atoms with E-state index < -0.39 is 18.0 Å². The van der Waals surface area contributed by atoms with Crippen LogP contribution in [0.1, 0.15) is 32.3 Å². The zero-order valence-corrected chi connectivity index (χ0v) is 15.4. The summed E-state index contributed by atoms with van der Waals surface area (Å²) >= 11 is 1.14. The smallest absolute Gasteiger partial charge is 0.280 e. The van der Waals surface area contributed by atoms with Crippen LogP contribution in [0.15, 0.2) is 30.3 Å². The molecule has 3 atom stereocenters. The summed E-state index contributed by atoms with van der Waals surface area (Å²) in [7, 11) is 0. The van der Waals surface area contributed by atoms with Gasteiger partial charge in [0.1, 0.15) is 12.1 Å². The molecule has 25 heavy (non-hydrogen) atoms. The average Bonchev–Trinajstić information content (AvgIpc) is 2.73. The summed E-state index contributed by atoms with van der Waals surface area (Å²) in [6.45, 7) is 4.05. The SMILES string of the molecule is C[C@@H]1CCCN([C@@H](C)C(N)=O)C(=O)[C@H]1NC(=O)SCc1ccccc1. The third-order valence-electron chi connectivity index (χ3n) is 4.54. The molecule has 0 radical (unpaired) electrons. The topological polar surface area (TPSA) is 92.5 Å². The molecule has 1 fully saturated rings. The van der Waals surface area contributed by atoms with E-state index in [4.69, 9.17) is 5.73 Å². The molecule has 7 heteroatoms. The number of carbonyl (C=O) groups excluding carboxylic acids is 3. The fourth-order valence-corrected chi connectivity index (χ4v) is 3.62. The lowest BCUT2D eigenvalue weighted by molar-refractivity contribution is -0.140. The van der Waals surface area contributed by atoms with Gasteiger partial charge in [-0.05, 0) is 31.2 Å². The van der Waals surface area contributed by atoms with Crippen LogP contribution in [0.25, 0.3) is 0 Å².